The smallest absolute Gasteiger partial charge is 0.0991 e. The monoisotopic (exact) mass is 927 g/mol. The highest BCUT2D eigenvalue weighted by molar-refractivity contribution is 5.93. The summed E-state index contributed by atoms with van der Waals surface area (Å²) in [5, 5.41) is 23.7. The summed E-state index contributed by atoms with van der Waals surface area (Å²) in [6, 6.07) is 35.7. The van der Waals surface area contributed by atoms with Crippen LogP contribution in [-0.2, 0) is 14.1 Å². The standard InChI is InChI=1S/2C30H33N5/c2*1-21-16-24-4-3-11-32-30(24)29(17-21)35-14-12-34(13-15-35)25-8-6-23(7-9-25)27-20-33(2)28-10-5-22(19-31)18-26(27)28/h2*3-5,10-11,16-18,20,23,25H,6-9,12-15H2,1-2H3. The van der Waals surface area contributed by atoms with Crippen molar-refractivity contribution in [2.75, 3.05) is 62.2 Å². The number of hydrogen-bond acceptors (Lipinski definition) is 8. The summed E-state index contributed by atoms with van der Waals surface area (Å²) in [6.45, 7) is 13.1. The van der Waals surface area contributed by atoms with E-state index in [1.165, 1.54) is 118 Å². The Bertz CT molecular complexity index is 3040. The minimum absolute atomic E-state index is 0.593. The van der Waals surface area contributed by atoms with E-state index in [1.54, 1.807) is 0 Å². The van der Waals surface area contributed by atoms with Gasteiger partial charge in [0.05, 0.1) is 45.7 Å². The molecular weight excluding hydrogens is 861 g/mol. The predicted molar refractivity (Wildman–Crippen MR) is 286 cm³/mol. The lowest BCUT2D eigenvalue weighted by molar-refractivity contribution is 0.141. The summed E-state index contributed by atoms with van der Waals surface area (Å²) in [4.78, 5) is 19.9. The number of benzene rings is 4. The van der Waals surface area contributed by atoms with Crippen LogP contribution < -0.4 is 9.80 Å². The van der Waals surface area contributed by atoms with Gasteiger partial charge in [-0.3, -0.25) is 19.8 Å². The molecule has 0 atom stereocenters. The third-order valence-electron chi connectivity index (χ3n) is 16.6. The van der Waals surface area contributed by atoms with Crippen LogP contribution in [0.5, 0.6) is 0 Å². The second kappa shape index (κ2) is 19.6. The minimum Gasteiger partial charge on any atom is -0.367 e. The molecule has 6 heterocycles. The zero-order valence-corrected chi connectivity index (χ0v) is 41.5. The number of hydrogen-bond donors (Lipinski definition) is 0. The van der Waals surface area contributed by atoms with E-state index >= 15 is 0 Å². The van der Waals surface area contributed by atoms with Crippen molar-refractivity contribution >= 4 is 55.0 Å². The van der Waals surface area contributed by atoms with Gasteiger partial charge in [0.2, 0.25) is 0 Å². The number of pyridine rings is 2. The molecule has 0 radical (unpaired) electrons. The Morgan fingerprint density at radius 2 is 0.886 bits per heavy atom. The molecule has 0 bridgehead atoms. The van der Waals surface area contributed by atoms with Gasteiger partial charge >= 0.3 is 0 Å². The number of rotatable bonds is 6. The first-order chi connectivity index (χ1) is 34.2. The first-order valence-electron chi connectivity index (χ1n) is 25.9. The number of piperazine rings is 2. The van der Waals surface area contributed by atoms with Crippen LogP contribution in [0.1, 0.15) is 96.6 Å². The molecule has 10 nitrogen and oxygen atoms in total. The Hall–Kier alpha value is -6.72. The van der Waals surface area contributed by atoms with Crippen LogP contribution in [0, 0.1) is 36.5 Å². The maximum Gasteiger partial charge on any atom is 0.0991 e. The van der Waals surface area contributed by atoms with Gasteiger partial charge in [-0.1, -0.05) is 12.1 Å². The van der Waals surface area contributed by atoms with Gasteiger partial charge in [0.25, 0.3) is 0 Å². The molecule has 4 fully saturated rings. The molecule has 12 rings (SSSR count). The second-order valence-corrected chi connectivity index (χ2v) is 20.9. The van der Waals surface area contributed by atoms with E-state index in [2.05, 4.69) is 142 Å². The molecule has 4 aromatic carbocycles. The average Bonchev–Trinajstić information content (AvgIpc) is 3.92. The van der Waals surface area contributed by atoms with Crippen LogP contribution in [0.15, 0.2) is 110 Å². The van der Waals surface area contributed by atoms with E-state index < -0.39 is 0 Å². The second-order valence-electron chi connectivity index (χ2n) is 20.9. The summed E-state index contributed by atoms with van der Waals surface area (Å²) >= 11 is 0. The molecule has 8 aromatic rings. The van der Waals surface area contributed by atoms with Gasteiger partial charge in [-0.25, -0.2) is 0 Å². The highest BCUT2D eigenvalue weighted by atomic mass is 15.3. The van der Waals surface area contributed by atoms with Gasteiger partial charge in [-0.15, -0.1) is 0 Å². The van der Waals surface area contributed by atoms with Crippen LogP contribution in [0.4, 0.5) is 11.4 Å². The zero-order chi connectivity index (χ0) is 47.9. The van der Waals surface area contributed by atoms with Gasteiger partial charge < -0.3 is 18.9 Å². The Kier molecular flexibility index (Phi) is 12.8. The van der Waals surface area contributed by atoms with E-state index in [0.29, 0.717) is 23.9 Å². The van der Waals surface area contributed by atoms with Crippen molar-refractivity contribution in [3.8, 4) is 12.1 Å². The molecule has 0 amide bonds. The SMILES string of the molecule is Cc1cc(N2CCN(C3CCC(c4cn(C)c5ccc(C#N)cc45)CC3)CC2)c2ncccc2c1.Cc1cc(N2CCN(C3CCC(c4cn(C)c5ccc(C#N)cc45)CC3)CC2)c2ncccc2c1. The molecule has 70 heavy (non-hydrogen) atoms. The third-order valence-corrected chi connectivity index (χ3v) is 16.6. The van der Waals surface area contributed by atoms with E-state index in [1.807, 2.05) is 36.7 Å². The molecule has 356 valence electrons. The number of fused-ring (bicyclic) bond motifs is 4. The quantitative estimate of drug-likeness (QED) is 0.163. The number of nitrogens with zero attached hydrogens (tertiary/aromatic N) is 10. The fourth-order valence-electron chi connectivity index (χ4n) is 12.9. The summed E-state index contributed by atoms with van der Waals surface area (Å²) in [5.41, 5.74) is 14.3. The van der Waals surface area contributed by atoms with E-state index in [4.69, 9.17) is 9.97 Å². The van der Waals surface area contributed by atoms with Gasteiger partial charge in [-0.2, -0.15) is 10.5 Å². The fourth-order valence-corrected chi connectivity index (χ4v) is 12.9. The van der Waals surface area contributed by atoms with Gasteiger partial charge in [0.15, 0.2) is 0 Å². The lowest BCUT2D eigenvalue weighted by atomic mass is 9.81. The van der Waals surface area contributed by atoms with Crippen molar-refractivity contribution < 1.29 is 0 Å². The molecule has 2 aliphatic heterocycles. The highest BCUT2D eigenvalue weighted by Crippen LogP contribution is 2.41. The lowest BCUT2D eigenvalue weighted by Crippen LogP contribution is -2.51. The molecule has 4 aliphatic rings. The normalized spacial score (nSPS) is 21.5. The molecule has 0 N–H and O–H groups in total. The molecule has 0 unspecified atom stereocenters. The van der Waals surface area contributed by atoms with Crippen molar-refractivity contribution in [1.29, 1.82) is 10.5 Å². The Balaban J connectivity index is 0.000000152. The Labute approximate surface area is 413 Å². The number of aromatic nitrogens is 4. The third kappa shape index (κ3) is 9.00. The molecular formula is C60H66N10. The number of anilines is 2. The molecule has 2 aliphatic carbocycles. The summed E-state index contributed by atoms with van der Waals surface area (Å²) in [7, 11) is 4.24. The number of nitriles is 2. The van der Waals surface area contributed by atoms with Crippen molar-refractivity contribution in [2.45, 2.75) is 89.1 Å². The highest BCUT2D eigenvalue weighted by Gasteiger charge is 2.32. The molecule has 10 heteroatoms. The Morgan fingerprint density at radius 3 is 1.27 bits per heavy atom. The van der Waals surface area contributed by atoms with Crippen LogP contribution in [0.2, 0.25) is 0 Å². The minimum atomic E-state index is 0.593. The van der Waals surface area contributed by atoms with E-state index in [9.17, 15) is 10.5 Å². The molecule has 2 saturated carbocycles. The Morgan fingerprint density at radius 1 is 0.486 bits per heavy atom. The van der Waals surface area contributed by atoms with Gasteiger partial charge in [-0.05, 0) is 172 Å². The van der Waals surface area contributed by atoms with Gasteiger partial charge in [0.1, 0.15) is 0 Å². The summed E-state index contributed by atoms with van der Waals surface area (Å²) in [5.74, 6) is 1.19. The molecule has 0 spiro atoms. The van der Waals surface area contributed by atoms with E-state index in [-0.39, 0.29) is 0 Å². The van der Waals surface area contributed by atoms with Crippen molar-refractivity contribution in [2.24, 2.45) is 14.1 Å². The maximum atomic E-state index is 9.37. The largest absolute Gasteiger partial charge is 0.367 e. The first kappa shape index (κ1) is 45.7. The molecule has 4 aromatic heterocycles. The van der Waals surface area contributed by atoms with Crippen molar-refractivity contribution in [3.05, 3.63) is 143 Å². The van der Waals surface area contributed by atoms with Crippen LogP contribution in [0.25, 0.3) is 43.6 Å². The van der Waals surface area contributed by atoms with Crippen LogP contribution in [0.3, 0.4) is 0 Å². The number of aryl methyl sites for hydroxylation is 4. The van der Waals surface area contributed by atoms with Crippen molar-refractivity contribution in [1.82, 2.24) is 28.9 Å². The lowest BCUT2D eigenvalue weighted by Gasteiger charge is -2.42. The topological polar surface area (TPSA) is 96.2 Å². The summed E-state index contributed by atoms with van der Waals surface area (Å²) in [6.07, 6.45) is 18.4. The maximum absolute atomic E-state index is 9.37. The van der Waals surface area contributed by atoms with Crippen LogP contribution >= 0.6 is 0 Å². The zero-order valence-electron chi connectivity index (χ0n) is 41.5. The van der Waals surface area contributed by atoms with Crippen molar-refractivity contribution in [3.63, 3.8) is 0 Å². The van der Waals surface area contributed by atoms with Gasteiger partial charge in [0, 0.05) is 136 Å². The summed E-state index contributed by atoms with van der Waals surface area (Å²) < 4.78 is 4.45. The fraction of sp³-hybridized carbons (Fsp3) is 0.400. The predicted octanol–water partition coefficient (Wildman–Crippen LogP) is 11.5. The average molecular weight is 927 g/mol. The van der Waals surface area contributed by atoms with E-state index in [0.717, 1.165) is 74.5 Å². The first-order valence-corrected chi connectivity index (χ1v) is 25.9. The van der Waals surface area contributed by atoms with Crippen LogP contribution in [-0.4, -0.2) is 93.3 Å². The molecule has 2 saturated heterocycles.